The fraction of sp³-hybridized carbons (Fsp3) is 0.333. The first-order chi connectivity index (χ1) is 13.1. The van der Waals surface area contributed by atoms with E-state index in [1.807, 2.05) is 30.3 Å². The van der Waals surface area contributed by atoms with E-state index >= 15 is 0 Å². The van der Waals surface area contributed by atoms with Crippen LogP contribution >= 0.6 is 11.6 Å². The predicted molar refractivity (Wildman–Crippen MR) is 104 cm³/mol. The minimum absolute atomic E-state index is 0.0285. The summed E-state index contributed by atoms with van der Waals surface area (Å²) in [6.45, 7) is 1.30. The number of aliphatic hydroxyl groups excluding tert-OH is 1. The molecule has 142 valence electrons. The van der Waals surface area contributed by atoms with Crippen LogP contribution in [0, 0.1) is 5.92 Å². The monoisotopic (exact) mass is 386 g/mol. The van der Waals surface area contributed by atoms with Gasteiger partial charge in [0, 0.05) is 25.6 Å². The lowest BCUT2D eigenvalue weighted by Crippen LogP contribution is -2.35. The molecular formula is C21H23ClN2O3. The predicted octanol–water partition coefficient (Wildman–Crippen LogP) is 3.04. The topological polar surface area (TPSA) is 69.6 Å². The van der Waals surface area contributed by atoms with Crippen molar-refractivity contribution in [1.82, 2.24) is 10.2 Å². The van der Waals surface area contributed by atoms with Gasteiger partial charge in [0.15, 0.2) is 0 Å². The van der Waals surface area contributed by atoms with E-state index in [-0.39, 0.29) is 30.8 Å². The fourth-order valence-corrected chi connectivity index (χ4v) is 3.55. The molecular weight excluding hydrogens is 364 g/mol. The number of carbonyl (C=O) groups excluding carboxylic acids is 2. The average Bonchev–Trinajstić information content (AvgIpc) is 3.18. The number of carbonyl (C=O) groups is 2. The van der Waals surface area contributed by atoms with Crippen molar-refractivity contribution < 1.29 is 14.7 Å². The second-order valence-electron chi connectivity index (χ2n) is 6.80. The number of aliphatic hydroxyl groups is 1. The van der Waals surface area contributed by atoms with Gasteiger partial charge >= 0.3 is 0 Å². The Morgan fingerprint density at radius 2 is 1.85 bits per heavy atom. The maximum Gasteiger partial charge on any atom is 0.253 e. The van der Waals surface area contributed by atoms with E-state index in [0.717, 1.165) is 12.0 Å². The van der Waals surface area contributed by atoms with E-state index in [9.17, 15) is 14.7 Å². The largest absolute Gasteiger partial charge is 0.396 e. The number of likely N-dealkylation sites (tertiary alicyclic amines) is 1. The Bertz CT molecular complexity index is 797. The standard InChI is InChI=1S/C21H23ClN2O3/c22-18-9-5-4-8-17(18)21(27)23-19(16-6-2-1-3-7-16)12-20(26)24-11-10-15(13-24)14-25/h1-9,15,19,25H,10-14H2,(H,23,27)/t15-,19+/m1/s1. The highest BCUT2D eigenvalue weighted by Crippen LogP contribution is 2.23. The van der Waals surface area contributed by atoms with Crippen LogP contribution in [0.15, 0.2) is 54.6 Å². The summed E-state index contributed by atoms with van der Waals surface area (Å²) in [6, 6.07) is 15.8. The molecule has 2 aromatic rings. The molecule has 0 spiro atoms. The lowest BCUT2D eigenvalue weighted by atomic mass is 10.0. The third-order valence-corrected chi connectivity index (χ3v) is 5.23. The number of hydrogen-bond acceptors (Lipinski definition) is 3. The third kappa shape index (κ3) is 4.87. The number of rotatable bonds is 6. The van der Waals surface area contributed by atoms with Gasteiger partial charge in [-0.3, -0.25) is 9.59 Å². The summed E-state index contributed by atoms with van der Waals surface area (Å²) >= 11 is 6.13. The van der Waals surface area contributed by atoms with Gasteiger partial charge < -0.3 is 15.3 Å². The van der Waals surface area contributed by atoms with E-state index < -0.39 is 6.04 Å². The van der Waals surface area contributed by atoms with Gasteiger partial charge in [0.1, 0.15) is 0 Å². The second kappa shape index (κ2) is 9.02. The van der Waals surface area contributed by atoms with Crippen LogP contribution in [0.4, 0.5) is 0 Å². The summed E-state index contributed by atoms with van der Waals surface area (Å²) in [6.07, 6.45) is 0.975. The fourth-order valence-electron chi connectivity index (χ4n) is 3.33. The highest BCUT2D eigenvalue weighted by Gasteiger charge is 2.28. The lowest BCUT2D eigenvalue weighted by molar-refractivity contribution is -0.130. The van der Waals surface area contributed by atoms with E-state index in [1.54, 1.807) is 29.2 Å². The minimum atomic E-state index is -0.448. The van der Waals surface area contributed by atoms with Crippen LogP contribution in [0.3, 0.4) is 0 Å². The van der Waals surface area contributed by atoms with E-state index in [0.29, 0.717) is 23.7 Å². The van der Waals surface area contributed by atoms with Gasteiger partial charge in [0.25, 0.3) is 5.91 Å². The van der Waals surface area contributed by atoms with Crippen LogP contribution in [-0.4, -0.2) is 41.5 Å². The summed E-state index contributed by atoms with van der Waals surface area (Å²) in [5.41, 5.74) is 1.25. The van der Waals surface area contributed by atoms with Crippen molar-refractivity contribution in [2.75, 3.05) is 19.7 Å². The molecule has 2 N–H and O–H groups in total. The Balaban J connectivity index is 1.75. The summed E-state index contributed by atoms with van der Waals surface area (Å²) < 4.78 is 0. The molecule has 0 aromatic heterocycles. The number of amides is 2. The number of benzene rings is 2. The normalized spacial score (nSPS) is 17.6. The zero-order chi connectivity index (χ0) is 19.2. The third-order valence-electron chi connectivity index (χ3n) is 4.90. The quantitative estimate of drug-likeness (QED) is 0.801. The molecule has 27 heavy (non-hydrogen) atoms. The number of halogens is 1. The SMILES string of the molecule is O=C(N[C@@H](CC(=O)N1CC[C@@H](CO)C1)c1ccccc1)c1ccccc1Cl. The molecule has 5 nitrogen and oxygen atoms in total. The molecule has 2 amide bonds. The molecule has 0 aliphatic carbocycles. The molecule has 6 heteroatoms. The first-order valence-corrected chi connectivity index (χ1v) is 9.45. The van der Waals surface area contributed by atoms with Crippen molar-refractivity contribution >= 4 is 23.4 Å². The van der Waals surface area contributed by atoms with Crippen molar-refractivity contribution in [3.8, 4) is 0 Å². The summed E-state index contributed by atoms with van der Waals surface area (Å²) in [7, 11) is 0. The van der Waals surface area contributed by atoms with Gasteiger partial charge in [-0.25, -0.2) is 0 Å². The van der Waals surface area contributed by atoms with E-state index in [4.69, 9.17) is 11.6 Å². The van der Waals surface area contributed by atoms with E-state index in [1.165, 1.54) is 0 Å². The second-order valence-corrected chi connectivity index (χ2v) is 7.20. The molecule has 2 atom stereocenters. The Morgan fingerprint density at radius 1 is 1.15 bits per heavy atom. The smallest absolute Gasteiger partial charge is 0.253 e. The van der Waals surface area contributed by atoms with Crippen LogP contribution in [0.1, 0.15) is 34.8 Å². The maximum absolute atomic E-state index is 12.7. The van der Waals surface area contributed by atoms with Crippen LogP contribution in [-0.2, 0) is 4.79 Å². The maximum atomic E-state index is 12.7. The molecule has 0 radical (unpaired) electrons. The molecule has 1 aliphatic rings. The van der Waals surface area contributed by atoms with Crippen molar-refractivity contribution in [3.63, 3.8) is 0 Å². The number of hydrogen-bond donors (Lipinski definition) is 2. The number of nitrogens with zero attached hydrogens (tertiary/aromatic N) is 1. The summed E-state index contributed by atoms with van der Waals surface area (Å²) in [5.74, 6) is -0.196. The van der Waals surface area contributed by atoms with Gasteiger partial charge in [-0.05, 0) is 24.1 Å². The number of nitrogens with one attached hydrogen (secondary N) is 1. The minimum Gasteiger partial charge on any atom is -0.396 e. The zero-order valence-corrected chi connectivity index (χ0v) is 15.7. The van der Waals surface area contributed by atoms with Crippen LogP contribution < -0.4 is 5.32 Å². The summed E-state index contributed by atoms with van der Waals surface area (Å²) in [5, 5.41) is 12.6. The van der Waals surface area contributed by atoms with E-state index in [2.05, 4.69) is 5.32 Å². The Morgan fingerprint density at radius 3 is 2.52 bits per heavy atom. The molecule has 0 unspecified atom stereocenters. The Hall–Kier alpha value is -2.37. The van der Waals surface area contributed by atoms with Crippen molar-refractivity contribution in [2.24, 2.45) is 5.92 Å². The van der Waals surface area contributed by atoms with Gasteiger partial charge in [0.05, 0.1) is 23.0 Å². The van der Waals surface area contributed by atoms with Gasteiger partial charge in [-0.2, -0.15) is 0 Å². The molecule has 1 heterocycles. The molecule has 2 aromatic carbocycles. The Labute approximate surface area is 163 Å². The molecule has 0 saturated carbocycles. The van der Waals surface area contributed by atoms with Gasteiger partial charge in [-0.15, -0.1) is 0 Å². The molecule has 1 fully saturated rings. The lowest BCUT2D eigenvalue weighted by Gasteiger charge is -2.23. The summed E-state index contributed by atoms with van der Waals surface area (Å²) in [4.78, 5) is 27.2. The highest BCUT2D eigenvalue weighted by atomic mass is 35.5. The Kier molecular flexibility index (Phi) is 6.48. The van der Waals surface area contributed by atoms with Gasteiger partial charge in [0.2, 0.25) is 5.91 Å². The highest BCUT2D eigenvalue weighted by molar-refractivity contribution is 6.33. The van der Waals surface area contributed by atoms with Crippen molar-refractivity contribution in [3.05, 3.63) is 70.7 Å². The molecule has 1 aliphatic heterocycles. The van der Waals surface area contributed by atoms with Crippen molar-refractivity contribution in [1.29, 1.82) is 0 Å². The molecule has 3 rings (SSSR count). The first kappa shape index (κ1) is 19.4. The van der Waals surface area contributed by atoms with Crippen LogP contribution in [0.2, 0.25) is 5.02 Å². The van der Waals surface area contributed by atoms with Crippen molar-refractivity contribution in [2.45, 2.75) is 18.9 Å². The first-order valence-electron chi connectivity index (χ1n) is 9.07. The van der Waals surface area contributed by atoms with Crippen LogP contribution in [0.25, 0.3) is 0 Å². The average molecular weight is 387 g/mol. The zero-order valence-electron chi connectivity index (χ0n) is 15.0. The van der Waals surface area contributed by atoms with Crippen LogP contribution in [0.5, 0.6) is 0 Å². The molecule has 1 saturated heterocycles. The molecule has 0 bridgehead atoms. The van der Waals surface area contributed by atoms with Gasteiger partial charge in [-0.1, -0.05) is 54.1 Å².